The van der Waals surface area contributed by atoms with Crippen LogP contribution in [-0.2, 0) is 4.79 Å². The number of rotatable bonds is 1. The zero-order valence-electron chi connectivity index (χ0n) is 8.06. The summed E-state index contributed by atoms with van der Waals surface area (Å²) < 4.78 is 0. The average molecular weight is 217 g/mol. The van der Waals surface area contributed by atoms with Gasteiger partial charge in [0.2, 0.25) is 5.78 Å². The minimum Gasteiger partial charge on any atom is -0.480 e. The van der Waals surface area contributed by atoms with Crippen molar-refractivity contribution < 1.29 is 19.5 Å². The molecule has 5 heteroatoms. The van der Waals surface area contributed by atoms with Crippen molar-refractivity contribution in [2.24, 2.45) is 5.92 Å². The first kappa shape index (κ1) is 10.2. The number of carbonyl (C=O) groups is 3. The SMILES string of the molecule is N=C1C(=O)c2ccccc2C(=O)C1C(=O)O. The van der Waals surface area contributed by atoms with Gasteiger partial charge >= 0.3 is 5.97 Å². The third-order valence-corrected chi connectivity index (χ3v) is 2.48. The summed E-state index contributed by atoms with van der Waals surface area (Å²) in [5, 5.41) is 16.2. The third kappa shape index (κ3) is 1.25. The molecule has 16 heavy (non-hydrogen) atoms. The van der Waals surface area contributed by atoms with Crippen molar-refractivity contribution in [1.29, 1.82) is 5.41 Å². The molecule has 0 saturated heterocycles. The van der Waals surface area contributed by atoms with Crippen molar-refractivity contribution in [2.75, 3.05) is 0 Å². The molecule has 0 radical (unpaired) electrons. The van der Waals surface area contributed by atoms with Crippen LogP contribution in [0.2, 0.25) is 0 Å². The number of ketones is 2. The Morgan fingerprint density at radius 3 is 2.31 bits per heavy atom. The molecule has 1 aliphatic rings. The summed E-state index contributed by atoms with van der Waals surface area (Å²) in [5.41, 5.74) is -0.484. The molecule has 0 heterocycles. The summed E-state index contributed by atoms with van der Waals surface area (Å²) in [5.74, 6) is -4.52. The minimum absolute atomic E-state index is 0.0795. The zero-order chi connectivity index (χ0) is 11.9. The van der Waals surface area contributed by atoms with Gasteiger partial charge in [0.15, 0.2) is 11.7 Å². The molecule has 0 aliphatic heterocycles. The van der Waals surface area contributed by atoms with E-state index in [1.54, 1.807) is 12.1 Å². The van der Waals surface area contributed by atoms with Crippen molar-refractivity contribution in [2.45, 2.75) is 0 Å². The highest BCUT2D eigenvalue weighted by Gasteiger charge is 2.41. The second-order valence-corrected chi connectivity index (χ2v) is 3.42. The van der Waals surface area contributed by atoms with Gasteiger partial charge in [-0.15, -0.1) is 0 Å². The number of carboxylic acids is 1. The predicted molar refractivity (Wildman–Crippen MR) is 54.0 cm³/mol. The number of carboxylic acid groups (broad SMARTS) is 1. The molecular weight excluding hydrogens is 210 g/mol. The van der Waals surface area contributed by atoms with Crippen LogP contribution in [0.1, 0.15) is 20.7 Å². The molecule has 80 valence electrons. The van der Waals surface area contributed by atoms with Crippen molar-refractivity contribution in [3.05, 3.63) is 35.4 Å². The molecule has 1 aliphatic carbocycles. The lowest BCUT2D eigenvalue weighted by molar-refractivity contribution is -0.138. The summed E-state index contributed by atoms with van der Waals surface area (Å²) in [6.45, 7) is 0. The fourth-order valence-corrected chi connectivity index (χ4v) is 1.69. The molecule has 0 amide bonds. The summed E-state index contributed by atoms with van der Waals surface area (Å²) in [6.07, 6.45) is 0. The van der Waals surface area contributed by atoms with Crippen molar-refractivity contribution in [3.63, 3.8) is 0 Å². The van der Waals surface area contributed by atoms with E-state index in [2.05, 4.69) is 0 Å². The molecule has 0 aromatic heterocycles. The quantitative estimate of drug-likeness (QED) is 0.679. The Hall–Kier alpha value is -2.30. The number of hydrogen-bond acceptors (Lipinski definition) is 4. The number of aliphatic carboxylic acids is 1. The predicted octanol–water partition coefficient (Wildman–Crippen LogP) is 0.786. The molecule has 1 unspecified atom stereocenters. The lowest BCUT2D eigenvalue weighted by Crippen LogP contribution is -2.41. The van der Waals surface area contributed by atoms with Gasteiger partial charge in [0.25, 0.3) is 0 Å². The highest BCUT2D eigenvalue weighted by Crippen LogP contribution is 2.23. The van der Waals surface area contributed by atoms with Gasteiger partial charge < -0.3 is 5.11 Å². The van der Waals surface area contributed by atoms with Crippen LogP contribution in [0.4, 0.5) is 0 Å². The molecule has 0 spiro atoms. The van der Waals surface area contributed by atoms with Crippen LogP contribution < -0.4 is 0 Å². The topological polar surface area (TPSA) is 95.3 Å². The highest BCUT2D eigenvalue weighted by molar-refractivity contribution is 6.56. The number of nitrogens with one attached hydrogen (secondary N) is 1. The highest BCUT2D eigenvalue weighted by atomic mass is 16.4. The van der Waals surface area contributed by atoms with E-state index in [1.165, 1.54) is 12.1 Å². The van der Waals surface area contributed by atoms with E-state index in [4.69, 9.17) is 10.5 Å². The molecule has 2 N–H and O–H groups in total. The fraction of sp³-hybridized carbons (Fsp3) is 0.0909. The second kappa shape index (κ2) is 3.37. The Morgan fingerprint density at radius 1 is 1.19 bits per heavy atom. The van der Waals surface area contributed by atoms with E-state index < -0.39 is 29.2 Å². The maximum atomic E-state index is 11.7. The lowest BCUT2D eigenvalue weighted by atomic mass is 9.80. The van der Waals surface area contributed by atoms with Gasteiger partial charge in [0.05, 0.1) is 0 Å². The maximum Gasteiger partial charge on any atom is 0.320 e. The summed E-state index contributed by atoms with van der Waals surface area (Å²) in [6, 6.07) is 5.94. The fourth-order valence-electron chi connectivity index (χ4n) is 1.69. The monoisotopic (exact) mass is 217 g/mol. The van der Waals surface area contributed by atoms with E-state index in [-0.39, 0.29) is 11.1 Å². The number of carbonyl (C=O) groups excluding carboxylic acids is 2. The molecule has 0 bridgehead atoms. The van der Waals surface area contributed by atoms with E-state index in [1.807, 2.05) is 0 Å². The summed E-state index contributed by atoms with van der Waals surface area (Å²) in [7, 11) is 0. The van der Waals surface area contributed by atoms with E-state index in [9.17, 15) is 14.4 Å². The van der Waals surface area contributed by atoms with E-state index >= 15 is 0 Å². The Balaban J connectivity index is 2.65. The molecule has 1 aromatic rings. The average Bonchev–Trinajstić information content (AvgIpc) is 2.26. The van der Waals surface area contributed by atoms with Gasteiger partial charge in [-0.3, -0.25) is 19.8 Å². The van der Waals surface area contributed by atoms with Crippen molar-refractivity contribution >= 4 is 23.2 Å². The Kier molecular flexibility index (Phi) is 2.16. The smallest absolute Gasteiger partial charge is 0.320 e. The first-order valence-electron chi connectivity index (χ1n) is 4.53. The van der Waals surface area contributed by atoms with E-state index in [0.29, 0.717) is 0 Å². The zero-order valence-corrected chi connectivity index (χ0v) is 8.06. The van der Waals surface area contributed by atoms with Gasteiger partial charge in [-0.2, -0.15) is 0 Å². The van der Waals surface area contributed by atoms with E-state index in [0.717, 1.165) is 0 Å². The largest absolute Gasteiger partial charge is 0.480 e. The number of hydrogen-bond donors (Lipinski definition) is 2. The number of Topliss-reactive ketones (excluding diaryl/α,β-unsaturated/α-hetero) is 2. The van der Waals surface area contributed by atoms with Crippen LogP contribution in [-0.4, -0.2) is 28.4 Å². The van der Waals surface area contributed by atoms with Crippen LogP contribution in [0.3, 0.4) is 0 Å². The van der Waals surface area contributed by atoms with Gasteiger partial charge in [0.1, 0.15) is 5.71 Å². The molecule has 5 nitrogen and oxygen atoms in total. The Bertz CT molecular complexity index is 533. The Labute approximate surface area is 90.2 Å². The number of fused-ring (bicyclic) bond motifs is 1. The lowest BCUT2D eigenvalue weighted by Gasteiger charge is -2.19. The summed E-state index contributed by atoms with van der Waals surface area (Å²) >= 11 is 0. The number of benzene rings is 1. The van der Waals surface area contributed by atoms with Gasteiger partial charge in [-0.25, -0.2) is 0 Å². The maximum absolute atomic E-state index is 11.7. The third-order valence-electron chi connectivity index (χ3n) is 2.48. The summed E-state index contributed by atoms with van der Waals surface area (Å²) in [4.78, 5) is 34.2. The molecule has 1 aromatic carbocycles. The van der Waals surface area contributed by atoms with Crippen molar-refractivity contribution in [3.8, 4) is 0 Å². The van der Waals surface area contributed by atoms with Crippen LogP contribution in [0.5, 0.6) is 0 Å². The standard InChI is InChI=1S/C11H7NO4/c12-8-7(11(15)16)9(13)5-3-1-2-4-6(5)10(8)14/h1-4,7,12H,(H,15,16). The van der Waals surface area contributed by atoms with Crippen LogP contribution in [0.15, 0.2) is 24.3 Å². The molecule has 0 saturated carbocycles. The Morgan fingerprint density at radius 2 is 1.75 bits per heavy atom. The minimum atomic E-state index is -1.66. The van der Waals surface area contributed by atoms with Gasteiger partial charge in [-0.1, -0.05) is 24.3 Å². The van der Waals surface area contributed by atoms with Crippen molar-refractivity contribution in [1.82, 2.24) is 0 Å². The molecular formula is C11H7NO4. The van der Waals surface area contributed by atoms with Gasteiger partial charge in [0, 0.05) is 11.1 Å². The normalized spacial score (nSPS) is 19.5. The second-order valence-electron chi connectivity index (χ2n) is 3.42. The first-order chi connectivity index (χ1) is 7.54. The molecule has 2 rings (SSSR count). The van der Waals surface area contributed by atoms with Gasteiger partial charge in [-0.05, 0) is 0 Å². The van der Waals surface area contributed by atoms with Crippen LogP contribution >= 0.6 is 0 Å². The molecule has 0 fully saturated rings. The van der Waals surface area contributed by atoms with Crippen LogP contribution in [0.25, 0.3) is 0 Å². The molecule has 1 atom stereocenters. The van der Waals surface area contributed by atoms with Crippen LogP contribution in [0, 0.1) is 11.3 Å². The first-order valence-corrected chi connectivity index (χ1v) is 4.53.